The van der Waals surface area contributed by atoms with Crippen LogP contribution in [-0.2, 0) is 14.6 Å². The molecule has 1 amide bonds. The van der Waals surface area contributed by atoms with Gasteiger partial charge in [-0.15, -0.1) is 5.10 Å². The van der Waals surface area contributed by atoms with Crippen LogP contribution in [-0.4, -0.2) is 46.5 Å². The molecule has 0 saturated heterocycles. The van der Waals surface area contributed by atoms with E-state index in [0.717, 1.165) is 33.6 Å². The Hall–Kier alpha value is -2.46. The number of rotatable bonds is 3. The number of aryl methyl sites for hydroxylation is 1. The number of nitrogens with zero attached hydrogens (tertiary/aromatic N) is 3. The molecule has 0 fully saturated rings. The Bertz CT molecular complexity index is 1150. The summed E-state index contributed by atoms with van der Waals surface area (Å²) in [5.41, 5.74) is 3.32. The molecule has 0 aliphatic carbocycles. The number of carbonyl (C=O) groups excluding carboxylic acids is 1. The van der Waals surface area contributed by atoms with Crippen molar-refractivity contribution in [3.05, 3.63) is 41.0 Å². The number of hydrogen-bond donors (Lipinski definition) is 2. The van der Waals surface area contributed by atoms with Crippen molar-refractivity contribution in [2.75, 3.05) is 11.1 Å². The SMILES string of the molecule is Cc1ccc2c(c1)NC(C)C2C=C1C(=N)N2N=C(S(=O)(=O)CC(C)C)SC2=NC1=O. The fraction of sp³-hybridized carbons (Fsp3) is 0.400. The van der Waals surface area contributed by atoms with Crippen LogP contribution in [0, 0.1) is 18.3 Å². The fourth-order valence-corrected chi connectivity index (χ4v) is 6.52. The van der Waals surface area contributed by atoms with Gasteiger partial charge in [0, 0.05) is 17.6 Å². The minimum atomic E-state index is -3.60. The van der Waals surface area contributed by atoms with Crippen LogP contribution in [0.25, 0.3) is 0 Å². The summed E-state index contributed by atoms with van der Waals surface area (Å²) in [7, 11) is -3.60. The van der Waals surface area contributed by atoms with Gasteiger partial charge in [-0.1, -0.05) is 32.1 Å². The third-order valence-electron chi connectivity index (χ3n) is 5.09. The van der Waals surface area contributed by atoms with Crippen molar-refractivity contribution in [3.8, 4) is 0 Å². The first-order valence-electron chi connectivity index (χ1n) is 9.67. The maximum absolute atomic E-state index is 12.7. The molecule has 3 heterocycles. The van der Waals surface area contributed by atoms with Crippen LogP contribution in [0.1, 0.15) is 37.8 Å². The van der Waals surface area contributed by atoms with Crippen LogP contribution in [0.4, 0.5) is 5.69 Å². The van der Waals surface area contributed by atoms with Gasteiger partial charge in [-0.3, -0.25) is 10.2 Å². The summed E-state index contributed by atoms with van der Waals surface area (Å²) in [5.74, 6) is -0.926. The van der Waals surface area contributed by atoms with Crippen LogP contribution >= 0.6 is 11.8 Å². The van der Waals surface area contributed by atoms with Gasteiger partial charge < -0.3 is 5.32 Å². The molecule has 3 aliphatic heterocycles. The predicted molar refractivity (Wildman–Crippen MR) is 121 cm³/mol. The summed E-state index contributed by atoms with van der Waals surface area (Å²) in [4.78, 5) is 16.7. The Morgan fingerprint density at radius 1 is 1.37 bits per heavy atom. The molecule has 4 rings (SSSR count). The number of carbonyl (C=O) groups is 1. The first kappa shape index (κ1) is 20.8. The molecule has 2 atom stereocenters. The number of thioether (sulfide) groups is 1. The molecular weight excluding hydrogens is 422 g/mol. The molecule has 0 bridgehead atoms. The number of amidine groups is 2. The molecule has 0 aromatic heterocycles. The van der Waals surface area contributed by atoms with E-state index in [1.165, 1.54) is 0 Å². The van der Waals surface area contributed by atoms with Gasteiger partial charge in [0.25, 0.3) is 5.91 Å². The van der Waals surface area contributed by atoms with E-state index in [1.807, 2.05) is 39.8 Å². The first-order chi connectivity index (χ1) is 14.1. The number of hydrogen-bond acceptors (Lipinski definition) is 7. The number of amides is 1. The van der Waals surface area contributed by atoms with Gasteiger partial charge in [-0.2, -0.15) is 10.0 Å². The molecule has 158 valence electrons. The standard InChI is InChI=1S/C20H23N5O3S2/c1-10(2)9-30(27,28)20-24-25-17(21)15(18(26)23-19(25)29-20)8-14-12(4)22-16-7-11(3)5-6-13(14)16/h5-8,10,12,14,21-22H,9H2,1-4H3. The lowest BCUT2D eigenvalue weighted by atomic mass is 9.92. The van der Waals surface area contributed by atoms with E-state index in [-0.39, 0.29) is 44.6 Å². The highest BCUT2D eigenvalue weighted by molar-refractivity contribution is 8.42. The summed E-state index contributed by atoms with van der Waals surface area (Å²) in [5, 5.41) is 17.3. The average Bonchev–Trinajstić information content (AvgIpc) is 3.18. The van der Waals surface area contributed by atoms with Crippen LogP contribution < -0.4 is 5.32 Å². The fourth-order valence-electron chi connectivity index (χ4n) is 3.73. The van der Waals surface area contributed by atoms with Crippen molar-refractivity contribution in [1.29, 1.82) is 5.41 Å². The normalized spacial score (nSPS) is 24.7. The molecule has 2 N–H and O–H groups in total. The average molecular weight is 446 g/mol. The van der Waals surface area contributed by atoms with E-state index < -0.39 is 15.7 Å². The third-order valence-corrected chi connectivity index (χ3v) is 8.52. The van der Waals surface area contributed by atoms with Crippen molar-refractivity contribution in [3.63, 3.8) is 0 Å². The minimum Gasteiger partial charge on any atom is -0.381 e. The molecule has 0 spiro atoms. The van der Waals surface area contributed by atoms with Crippen molar-refractivity contribution >= 4 is 48.6 Å². The Morgan fingerprint density at radius 2 is 2.10 bits per heavy atom. The summed E-state index contributed by atoms with van der Waals surface area (Å²) in [6.45, 7) is 7.66. The highest BCUT2D eigenvalue weighted by Gasteiger charge is 2.40. The van der Waals surface area contributed by atoms with Crippen LogP contribution in [0.5, 0.6) is 0 Å². The van der Waals surface area contributed by atoms with Gasteiger partial charge in [0.05, 0.1) is 11.3 Å². The largest absolute Gasteiger partial charge is 0.381 e. The maximum Gasteiger partial charge on any atom is 0.282 e. The lowest BCUT2D eigenvalue weighted by molar-refractivity contribution is -0.114. The zero-order valence-corrected chi connectivity index (χ0v) is 18.8. The first-order valence-corrected chi connectivity index (χ1v) is 12.1. The number of benzene rings is 1. The molecule has 0 saturated carbocycles. The van der Waals surface area contributed by atoms with E-state index >= 15 is 0 Å². The highest BCUT2D eigenvalue weighted by atomic mass is 32.3. The molecule has 3 aliphatic rings. The third kappa shape index (κ3) is 3.58. The number of hydrazone groups is 1. The molecule has 30 heavy (non-hydrogen) atoms. The molecule has 1 aromatic rings. The van der Waals surface area contributed by atoms with Crippen molar-refractivity contribution < 1.29 is 13.2 Å². The lowest BCUT2D eigenvalue weighted by Crippen LogP contribution is -2.36. The zero-order chi connectivity index (χ0) is 21.8. The van der Waals surface area contributed by atoms with Gasteiger partial charge in [0.2, 0.25) is 19.4 Å². The monoisotopic (exact) mass is 445 g/mol. The van der Waals surface area contributed by atoms with Crippen LogP contribution in [0.2, 0.25) is 0 Å². The summed E-state index contributed by atoms with van der Waals surface area (Å²) in [6.07, 6.45) is 1.74. The zero-order valence-electron chi connectivity index (χ0n) is 17.1. The lowest BCUT2D eigenvalue weighted by Gasteiger charge is -2.22. The van der Waals surface area contributed by atoms with Gasteiger partial charge in [0.1, 0.15) is 0 Å². The minimum absolute atomic E-state index is 0.0405. The molecule has 10 heteroatoms. The number of nitrogens with one attached hydrogen (secondary N) is 2. The second kappa shape index (κ2) is 7.35. The summed E-state index contributed by atoms with van der Waals surface area (Å²) < 4.78 is 24.9. The van der Waals surface area contributed by atoms with E-state index in [2.05, 4.69) is 21.5 Å². The van der Waals surface area contributed by atoms with E-state index in [4.69, 9.17) is 5.41 Å². The summed E-state index contributed by atoms with van der Waals surface area (Å²) >= 11 is 0.823. The molecular formula is C20H23N5O3S2. The molecule has 1 aromatic carbocycles. The number of sulfone groups is 1. The summed E-state index contributed by atoms with van der Waals surface area (Å²) in [6, 6.07) is 6.14. The van der Waals surface area contributed by atoms with Gasteiger partial charge >= 0.3 is 0 Å². The quantitative estimate of drug-likeness (QED) is 0.691. The smallest absolute Gasteiger partial charge is 0.282 e. The van der Waals surface area contributed by atoms with Gasteiger partial charge in [-0.25, -0.2) is 8.42 Å². The maximum atomic E-state index is 12.7. The van der Waals surface area contributed by atoms with E-state index in [9.17, 15) is 13.2 Å². The van der Waals surface area contributed by atoms with E-state index in [0.29, 0.717) is 0 Å². The van der Waals surface area contributed by atoms with Gasteiger partial charge in [0.15, 0.2) is 5.84 Å². The van der Waals surface area contributed by atoms with Crippen molar-refractivity contribution in [1.82, 2.24) is 5.01 Å². The molecule has 8 nitrogen and oxygen atoms in total. The van der Waals surface area contributed by atoms with Crippen molar-refractivity contribution in [2.24, 2.45) is 16.0 Å². The second-order valence-electron chi connectivity index (χ2n) is 8.13. The number of aliphatic imine (C=N–C) groups is 1. The van der Waals surface area contributed by atoms with Crippen LogP contribution in [0.15, 0.2) is 39.9 Å². The van der Waals surface area contributed by atoms with Gasteiger partial charge in [-0.05, 0) is 48.7 Å². The topological polar surface area (TPSA) is 115 Å². The van der Waals surface area contributed by atoms with Crippen molar-refractivity contribution in [2.45, 2.75) is 39.7 Å². The van der Waals surface area contributed by atoms with Crippen LogP contribution in [0.3, 0.4) is 0 Å². The Kier molecular flexibility index (Phi) is 5.09. The highest BCUT2D eigenvalue weighted by Crippen LogP contribution is 2.39. The number of anilines is 1. The Balaban J connectivity index is 1.68. The Morgan fingerprint density at radius 3 is 2.80 bits per heavy atom. The predicted octanol–water partition coefficient (Wildman–Crippen LogP) is 3.08. The molecule has 0 radical (unpaired) electrons. The Labute approximate surface area is 179 Å². The van der Waals surface area contributed by atoms with E-state index in [1.54, 1.807) is 6.08 Å². The second-order valence-corrected chi connectivity index (χ2v) is 11.3. The number of fused-ring (bicyclic) bond motifs is 2. The molecule has 2 unspecified atom stereocenters.